The average molecular weight is 223 g/mol. The van der Waals surface area contributed by atoms with Crippen LogP contribution < -0.4 is 10.5 Å². The van der Waals surface area contributed by atoms with Crippen molar-refractivity contribution in [2.75, 3.05) is 13.2 Å². The monoisotopic (exact) mass is 223 g/mol. The molecule has 16 heavy (non-hydrogen) atoms. The molecule has 1 aromatic rings. The number of rotatable bonds is 6. The first kappa shape index (κ1) is 13.0. The SMILES string of the molecule is CCOc1cccc(C(CN)OC(C)C)c1. The van der Waals surface area contributed by atoms with Crippen LogP contribution in [0, 0.1) is 0 Å². The number of nitrogens with two attached hydrogens (primary N) is 1. The van der Waals surface area contributed by atoms with Crippen LogP contribution in [-0.2, 0) is 4.74 Å². The minimum Gasteiger partial charge on any atom is -0.494 e. The van der Waals surface area contributed by atoms with Crippen LogP contribution in [0.25, 0.3) is 0 Å². The summed E-state index contributed by atoms with van der Waals surface area (Å²) in [5.41, 5.74) is 6.78. The molecule has 0 saturated carbocycles. The Morgan fingerprint density at radius 1 is 1.31 bits per heavy atom. The predicted octanol–water partition coefficient (Wildman–Crippen LogP) is 2.51. The molecular formula is C13H21NO2. The first-order valence-corrected chi connectivity index (χ1v) is 5.75. The molecule has 0 radical (unpaired) electrons. The zero-order valence-corrected chi connectivity index (χ0v) is 10.3. The van der Waals surface area contributed by atoms with E-state index in [2.05, 4.69) is 0 Å². The predicted molar refractivity (Wildman–Crippen MR) is 65.6 cm³/mol. The smallest absolute Gasteiger partial charge is 0.119 e. The Morgan fingerprint density at radius 2 is 2.06 bits per heavy atom. The Hall–Kier alpha value is -1.06. The Kier molecular flexibility index (Phi) is 5.29. The van der Waals surface area contributed by atoms with E-state index < -0.39 is 0 Å². The van der Waals surface area contributed by atoms with Crippen molar-refractivity contribution in [1.29, 1.82) is 0 Å². The molecule has 3 heteroatoms. The summed E-state index contributed by atoms with van der Waals surface area (Å²) in [5, 5.41) is 0. The molecule has 0 aliphatic rings. The van der Waals surface area contributed by atoms with E-state index >= 15 is 0 Å². The minimum atomic E-state index is -0.0552. The van der Waals surface area contributed by atoms with E-state index in [4.69, 9.17) is 15.2 Å². The van der Waals surface area contributed by atoms with E-state index in [1.807, 2.05) is 45.0 Å². The van der Waals surface area contributed by atoms with E-state index in [1.165, 1.54) is 0 Å². The summed E-state index contributed by atoms with van der Waals surface area (Å²) < 4.78 is 11.2. The second-order valence-electron chi connectivity index (χ2n) is 3.91. The molecule has 1 unspecified atom stereocenters. The van der Waals surface area contributed by atoms with Gasteiger partial charge in [-0.2, -0.15) is 0 Å². The molecular weight excluding hydrogens is 202 g/mol. The standard InChI is InChI=1S/C13H21NO2/c1-4-15-12-7-5-6-11(8-12)13(9-14)16-10(2)3/h5-8,10,13H,4,9,14H2,1-3H3. The van der Waals surface area contributed by atoms with E-state index in [9.17, 15) is 0 Å². The van der Waals surface area contributed by atoms with Gasteiger partial charge in [-0.25, -0.2) is 0 Å². The Labute approximate surface area is 97.6 Å². The molecule has 0 bridgehead atoms. The van der Waals surface area contributed by atoms with Gasteiger partial charge in [-0.1, -0.05) is 12.1 Å². The van der Waals surface area contributed by atoms with Crippen molar-refractivity contribution in [2.24, 2.45) is 5.73 Å². The highest BCUT2D eigenvalue weighted by Crippen LogP contribution is 2.22. The molecule has 0 aromatic heterocycles. The third kappa shape index (κ3) is 3.83. The molecule has 3 nitrogen and oxygen atoms in total. The fraction of sp³-hybridized carbons (Fsp3) is 0.538. The Morgan fingerprint density at radius 3 is 2.62 bits per heavy atom. The van der Waals surface area contributed by atoms with Crippen LogP contribution in [0.1, 0.15) is 32.4 Å². The maximum absolute atomic E-state index is 5.74. The molecule has 0 amide bonds. The summed E-state index contributed by atoms with van der Waals surface area (Å²) in [4.78, 5) is 0. The molecule has 0 saturated heterocycles. The minimum absolute atomic E-state index is 0.0552. The third-order valence-electron chi connectivity index (χ3n) is 2.19. The quantitative estimate of drug-likeness (QED) is 0.806. The Bertz CT molecular complexity index is 313. The molecule has 0 aliphatic carbocycles. The molecule has 1 rings (SSSR count). The van der Waals surface area contributed by atoms with Gasteiger partial charge in [0.2, 0.25) is 0 Å². The van der Waals surface area contributed by atoms with Gasteiger partial charge >= 0.3 is 0 Å². The van der Waals surface area contributed by atoms with Gasteiger partial charge in [-0.15, -0.1) is 0 Å². The number of ether oxygens (including phenoxy) is 2. The largest absolute Gasteiger partial charge is 0.494 e. The van der Waals surface area contributed by atoms with E-state index in [0.717, 1.165) is 11.3 Å². The van der Waals surface area contributed by atoms with Crippen LogP contribution in [0.15, 0.2) is 24.3 Å². The third-order valence-corrected chi connectivity index (χ3v) is 2.19. The lowest BCUT2D eigenvalue weighted by Crippen LogP contribution is -2.19. The van der Waals surface area contributed by atoms with Crippen molar-refractivity contribution >= 4 is 0 Å². The van der Waals surface area contributed by atoms with Crippen molar-refractivity contribution in [1.82, 2.24) is 0 Å². The van der Waals surface area contributed by atoms with Crippen LogP contribution in [0.5, 0.6) is 5.75 Å². The molecule has 1 atom stereocenters. The van der Waals surface area contributed by atoms with Crippen LogP contribution in [0.2, 0.25) is 0 Å². The van der Waals surface area contributed by atoms with Gasteiger partial charge in [0.15, 0.2) is 0 Å². The number of hydrogen-bond acceptors (Lipinski definition) is 3. The molecule has 0 heterocycles. The van der Waals surface area contributed by atoms with Gasteiger partial charge in [-0.05, 0) is 38.5 Å². The molecule has 0 spiro atoms. The van der Waals surface area contributed by atoms with E-state index in [0.29, 0.717) is 13.2 Å². The topological polar surface area (TPSA) is 44.5 Å². The summed E-state index contributed by atoms with van der Waals surface area (Å²) in [5.74, 6) is 0.866. The summed E-state index contributed by atoms with van der Waals surface area (Å²) in [7, 11) is 0. The van der Waals surface area contributed by atoms with Gasteiger partial charge in [0.25, 0.3) is 0 Å². The van der Waals surface area contributed by atoms with Crippen LogP contribution >= 0.6 is 0 Å². The normalized spacial score (nSPS) is 12.8. The van der Waals surface area contributed by atoms with Crippen LogP contribution in [0.3, 0.4) is 0 Å². The van der Waals surface area contributed by atoms with Crippen molar-refractivity contribution < 1.29 is 9.47 Å². The van der Waals surface area contributed by atoms with Crippen molar-refractivity contribution in [2.45, 2.75) is 33.0 Å². The molecule has 1 aromatic carbocycles. The zero-order chi connectivity index (χ0) is 12.0. The van der Waals surface area contributed by atoms with Crippen LogP contribution in [0.4, 0.5) is 0 Å². The van der Waals surface area contributed by atoms with E-state index in [-0.39, 0.29) is 12.2 Å². The zero-order valence-electron chi connectivity index (χ0n) is 10.3. The Balaban J connectivity index is 2.79. The van der Waals surface area contributed by atoms with Gasteiger partial charge in [0.1, 0.15) is 5.75 Å². The fourth-order valence-corrected chi connectivity index (χ4v) is 1.57. The fourth-order valence-electron chi connectivity index (χ4n) is 1.57. The van der Waals surface area contributed by atoms with Crippen LogP contribution in [-0.4, -0.2) is 19.3 Å². The highest BCUT2D eigenvalue weighted by atomic mass is 16.5. The highest BCUT2D eigenvalue weighted by molar-refractivity contribution is 5.30. The lowest BCUT2D eigenvalue weighted by Gasteiger charge is -2.19. The average Bonchev–Trinajstić information content (AvgIpc) is 2.26. The maximum atomic E-state index is 5.74. The number of benzene rings is 1. The second kappa shape index (κ2) is 6.51. The number of hydrogen-bond donors (Lipinski definition) is 1. The molecule has 90 valence electrons. The summed E-state index contributed by atoms with van der Waals surface area (Å²) in [6.07, 6.45) is 0.115. The molecule has 0 fully saturated rings. The second-order valence-corrected chi connectivity index (χ2v) is 3.91. The van der Waals surface area contributed by atoms with E-state index in [1.54, 1.807) is 0 Å². The summed E-state index contributed by atoms with van der Waals surface area (Å²) in [6.45, 7) is 7.14. The molecule has 2 N–H and O–H groups in total. The first-order valence-electron chi connectivity index (χ1n) is 5.75. The first-order chi connectivity index (χ1) is 7.67. The van der Waals surface area contributed by atoms with Gasteiger partial charge in [0.05, 0.1) is 18.8 Å². The summed E-state index contributed by atoms with van der Waals surface area (Å²) in [6, 6.07) is 7.91. The van der Waals surface area contributed by atoms with Crippen molar-refractivity contribution in [3.63, 3.8) is 0 Å². The van der Waals surface area contributed by atoms with Gasteiger partial charge < -0.3 is 15.2 Å². The van der Waals surface area contributed by atoms with Gasteiger partial charge in [-0.3, -0.25) is 0 Å². The lowest BCUT2D eigenvalue weighted by molar-refractivity contribution is 0.0118. The molecule has 0 aliphatic heterocycles. The van der Waals surface area contributed by atoms with Gasteiger partial charge in [0, 0.05) is 6.54 Å². The summed E-state index contributed by atoms with van der Waals surface area (Å²) >= 11 is 0. The highest BCUT2D eigenvalue weighted by Gasteiger charge is 2.12. The lowest BCUT2D eigenvalue weighted by atomic mass is 10.1. The van der Waals surface area contributed by atoms with Crippen molar-refractivity contribution in [3.8, 4) is 5.75 Å². The maximum Gasteiger partial charge on any atom is 0.119 e. The van der Waals surface area contributed by atoms with Crippen molar-refractivity contribution in [3.05, 3.63) is 29.8 Å².